The first-order chi connectivity index (χ1) is 11.4. The molecule has 24 heavy (non-hydrogen) atoms. The van der Waals surface area contributed by atoms with Gasteiger partial charge < -0.3 is 5.73 Å². The Morgan fingerprint density at radius 1 is 1.21 bits per heavy atom. The van der Waals surface area contributed by atoms with Crippen molar-refractivity contribution in [3.05, 3.63) is 65.5 Å². The Kier molecular flexibility index (Phi) is 2.81. The van der Waals surface area contributed by atoms with Crippen LogP contribution in [-0.4, -0.2) is 20.6 Å². The fraction of sp³-hybridized carbons (Fsp3) is 0.0625. The topological polar surface area (TPSA) is 80.6 Å². The van der Waals surface area contributed by atoms with E-state index in [0.29, 0.717) is 5.56 Å². The highest BCUT2D eigenvalue weighted by atomic mass is 19.3. The molecule has 0 amide bonds. The van der Waals surface area contributed by atoms with Gasteiger partial charge in [0.25, 0.3) is 0 Å². The highest BCUT2D eigenvalue weighted by Crippen LogP contribution is 2.50. The summed E-state index contributed by atoms with van der Waals surface area (Å²) in [6.45, 7) is 0. The molecule has 3 heterocycles. The maximum Gasteiger partial charge on any atom is 0.317 e. The summed E-state index contributed by atoms with van der Waals surface area (Å²) in [5.74, 6) is -4.85. The summed E-state index contributed by atoms with van der Waals surface area (Å²) >= 11 is 0. The molecule has 0 bridgehead atoms. The Bertz CT molecular complexity index is 979. The Morgan fingerprint density at radius 3 is 2.58 bits per heavy atom. The van der Waals surface area contributed by atoms with Gasteiger partial charge in [0.15, 0.2) is 0 Å². The Labute approximate surface area is 134 Å². The molecule has 4 rings (SSSR count). The van der Waals surface area contributed by atoms with Gasteiger partial charge in [-0.2, -0.15) is 13.9 Å². The van der Waals surface area contributed by atoms with Crippen molar-refractivity contribution < 1.29 is 13.2 Å². The van der Waals surface area contributed by atoms with Gasteiger partial charge in [-0.25, -0.2) is 9.07 Å². The number of fused-ring (bicyclic) bond motifs is 3. The van der Waals surface area contributed by atoms with Gasteiger partial charge in [0.2, 0.25) is 0 Å². The third-order valence-corrected chi connectivity index (χ3v) is 3.97. The van der Waals surface area contributed by atoms with E-state index in [1.807, 2.05) is 0 Å². The van der Waals surface area contributed by atoms with E-state index >= 15 is 0 Å². The Hall–Kier alpha value is -3.16. The van der Waals surface area contributed by atoms with E-state index < -0.39 is 23.1 Å². The van der Waals surface area contributed by atoms with Crippen molar-refractivity contribution in [3.63, 3.8) is 0 Å². The predicted octanol–water partition coefficient (Wildman–Crippen LogP) is 2.81. The van der Waals surface area contributed by atoms with Crippen LogP contribution in [0.15, 0.2) is 42.9 Å². The number of hydrogen-bond donors (Lipinski definition) is 2. The lowest BCUT2D eigenvalue weighted by Crippen LogP contribution is -2.16. The van der Waals surface area contributed by atoms with Crippen molar-refractivity contribution in [1.82, 2.24) is 14.8 Å². The number of pyridine rings is 1. The zero-order valence-electron chi connectivity index (χ0n) is 12.1. The summed E-state index contributed by atoms with van der Waals surface area (Å²) in [6.07, 6.45) is 4.29. The smallest absolute Gasteiger partial charge is 0.317 e. The van der Waals surface area contributed by atoms with Gasteiger partial charge in [-0.3, -0.25) is 10.4 Å². The second-order valence-corrected chi connectivity index (χ2v) is 5.39. The monoisotopic (exact) mass is 329 g/mol. The summed E-state index contributed by atoms with van der Waals surface area (Å²) < 4.78 is 44.7. The van der Waals surface area contributed by atoms with Gasteiger partial charge in [-0.1, -0.05) is 0 Å². The molecule has 1 aromatic carbocycles. The maximum absolute atomic E-state index is 15.0. The summed E-state index contributed by atoms with van der Waals surface area (Å²) in [5.41, 5.74) is 5.06. The molecule has 3 aromatic rings. The third kappa shape index (κ3) is 1.79. The van der Waals surface area contributed by atoms with Crippen LogP contribution in [0.1, 0.15) is 16.8 Å². The molecule has 0 atom stereocenters. The first-order valence-electron chi connectivity index (χ1n) is 6.96. The number of nitrogens with one attached hydrogen (secondary N) is 1. The van der Waals surface area contributed by atoms with E-state index in [9.17, 15) is 13.2 Å². The van der Waals surface area contributed by atoms with Crippen molar-refractivity contribution in [2.75, 3.05) is 0 Å². The zero-order valence-corrected chi connectivity index (χ0v) is 12.1. The molecule has 3 N–H and O–H groups in total. The minimum Gasteiger partial charge on any atom is -0.384 e. The van der Waals surface area contributed by atoms with E-state index in [2.05, 4.69) is 10.1 Å². The van der Waals surface area contributed by atoms with Crippen LogP contribution in [-0.2, 0) is 5.92 Å². The number of alkyl halides is 2. The van der Waals surface area contributed by atoms with Crippen molar-refractivity contribution in [3.8, 4) is 16.8 Å². The average Bonchev–Trinajstić information content (AvgIpc) is 3.07. The highest BCUT2D eigenvalue weighted by Gasteiger charge is 2.49. The lowest BCUT2D eigenvalue weighted by Gasteiger charge is -2.13. The van der Waals surface area contributed by atoms with E-state index in [0.717, 1.165) is 16.8 Å². The van der Waals surface area contributed by atoms with Gasteiger partial charge >= 0.3 is 5.92 Å². The second-order valence-electron chi connectivity index (χ2n) is 5.39. The fourth-order valence-corrected chi connectivity index (χ4v) is 2.96. The zero-order chi connectivity index (χ0) is 17.1. The van der Waals surface area contributed by atoms with Gasteiger partial charge in [-0.15, -0.1) is 0 Å². The first kappa shape index (κ1) is 14.4. The van der Waals surface area contributed by atoms with Gasteiger partial charge in [0.05, 0.1) is 17.4 Å². The summed E-state index contributed by atoms with van der Waals surface area (Å²) in [5, 5.41) is 11.6. The van der Waals surface area contributed by atoms with E-state index in [-0.39, 0.29) is 22.5 Å². The molecule has 8 heteroatoms. The maximum atomic E-state index is 15.0. The number of hydrogen-bond acceptors (Lipinski definition) is 3. The minimum atomic E-state index is -3.46. The molecular weight excluding hydrogens is 319 g/mol. The van der Waals surface area contributed by atoms with Crippen molar-refractivity contribution in [2.24, 2.45) is 5.73 Å². The van der Waals surface area contributed by atoms with Crippen molar-refractivity contribution >= 4 is 5.84 Å². The lowest BCUT2D eigenvalue weighted by atomic mass is 9.99. The first-order valence-corrected chi connectivity index (χ1v) is 6.96. The molecule has 0 aliphatic carbocycles. The summed E-state index contributed by atoms with van der Waals surface area (Å²) in [4.78, 5) is 3.86. The van der Waals surface area contributed by atoms with E-state index in [1.54, 1.807) is 12.1 Å². The van der Waals surface area contributed by atoms with Gasteiger partial charge in [0.1, 0.15) is 17.3 Å². The SMILES string of the molecule is N=C(N)c1cc(F)cc2c1-n1ncc(-c3ccncc3)c1C2(F)F. The molecular formula is C16H10F3N5. The van der Waals surface area contributed by atoms with Crippen LogP contribution in [0.25, 0.3) is 16.8 Å². The molecule has 0 spiro atoms. The van der Waals surface area contributed by atoms with Crippen LogP contribution in [0.5, 0.6) is 0 Å². The molecule has 5 nitrogen and oxygen atoms in total. The number of nitrogens with zero attached hydrogens (tertiary/aromatic N) is 3. The number of amidine groups is 1. The van der Waals surface area contributed by atoms with Crippen LogP contribution < -0.4 is 5.73 Å². The third-order valence-electron chi connectivity index (χ3n) is 3.97. The number of rotatable bonds is 2. The van der Waals surface area contributed by atoms with E-state index in [4.69, 9.17) is 11.1 Å². The van der Waals surface area contributed by atoms with Gasteiger partial charge in [-0.05, 0) is 29.8 Å². The molecule has 0 fully saturated rings. The standard InChI is InChI=1S/C16H10F3N5/c17-9-5-10(15(20)21)13-12(6-9)16(18,19)14-11(7-23-24(13)14)8-1-3-22-4-2-8/h1-7H,(H3,20,21). The lowest BCUT2D eigenvalue weighted by molar-refractivity contribution is 0.0443. The average molecular weight is 329 g/mol. The van der Waals surface area contributed by atoms with Crippen molar-refractivity contribution in [1.29, 1.82) is 5.41 Å². The van der Waals surface area contributed by atoms with Gasteiger partial charge in [0, 0.05) is 23.5 Å². The molecule has 0 unspecified atom stereocenters. The van der Waals surface area contributed by atoms with Crippen LogP contribution in [0.3, 0.4) is 0 Å². The summed E-state index contributed by atoms with van der Waals surface area (Å²) in [6, 6.07) is 4.89. The number of aromatic nitrogens is 3. The quantitative estimate of drug-likeness (QED) is 0.560. The summed E-state index contributed by atoms with van der Waals surface area (Å²) in [7, 11) is 0. The fourth-order valence-electron chi connectivity index (χ4n) is 2.96. The second kappa shape index (κ2) is 4.67. The van der Waals surface area contributed by atoms with Crippen LogP contribution >= 0.6 is 0 Å². The van der Waals surface area contributed by atoms with Crippen LogP contribution in [0.2, 0.25) is 0 Å². The molecule has 0 radical (unpaired) electrons. The molecule has 0 saturated carbocycles. The number of benzene rings is 1. The van der Waals surface area contributed by atoms with E-state index in [1.165, 1.54) is 18.6 Å². The molecule has 1 aliphatic heterocycles. The largest absolute Gasteiger partial charge is 0.384 e. The number of nitrogens with two attached hydrogens (primary N) is 1. The number of nitrogen functional groups attached to an aromatic ring is 1. The van der Waals surface area contributed by atoms with Crippen molar-refractivity contribution in [2.45, 2.75) is 5.92 Å². The van der Waals surface area contributed by atoms with Crippen LogP contribution in [0, 0.1) is 11.2 Å². The Morgan fingerprint density at radius 2 is 1.92 bits per heavy atom. The Balaban J connectivity index is 2.06. The normalized spacial score (nSPS) is 14.3. The van der Waals surface area contributed by atoms with Crippen LogP contribution in [0.4, 0.5) is 13.2 Å². The highest BCUT2D eigenvalue weighted by molar-refractivity contribution is 5.99. The minimum absolute atomic E-state index is 0.0655. The molecule has 2 aromatic heterocycles. The predicted molar refractivity (Wildman–Crippen MR) is 80.8 cm³/mol. The molecule has 1 aliphatic rings. The number of halogens is 3. The molecule has 120 valence electrons. The molecule has 0 saturated heterocycles.